The van der Waals surface area contributed by atoms with Crippen LogP contribution in [0.2, 0.25) is 0 Å². The molecule has 7 atom stereocenters. The minimum atomic E-state index is -0.750. The summed E-state index contributed by atoms with van der Waals surface area (Å²) in [7, 11) is 4.01. The van der Waals surface area contributed by atoms with E-state index >= 15 is 0 Å². The number of esters is 6. The molecule has 0 radical (unpaired) electrons. The van der Waals surface area contributed by atoms with Crippen LogP contribution >= 0.6 is 12.4 Å². The Hall–Kier alpha value is -9.88. The number of nitrogens with two attached hydrogens (primary N) is 2. The van der Waals surface area contributed by atoms with E-state index in [9.17, 15) is 62.6 Å². The summed E-state index contributed by atoms with van der Waals surface area (Å²) in [6, 6.07) is 48.0. The number of aromatic amines is 2. The fraction of sp³-hybridized carbons (Fsp3) is 0.479. The Morgan fingerprint density at radius 1 is 0.602 bits per heavy atom. The third-order valence-corrected chi connectivity index (χ3v) is 18.4. The largest absolute Gasteiger partial charge is 1.00 e. The molecule has 128 heavy (non-hydrogen) atoms. The summed E-state index contributed by atoms with van der Waals surface area (Å²) in [5, 5.41) is 19.1. The number of hydrogen-bond acceptors (Lipinski definition) is 28. The zero-order valence-electron chi connectivity index (χ0n) is 78.0. The van der Waals surface area contributed by atoms with Crippen LogP contribution in [-0.2, 0) is 111 Å². The number of ether oxygens (including phenoxy) is 7. The third kappa shape index (κ3) is 50.8. The first-order valence-corrected chi connectivity index (χ1v) is 41.9. The van der Waals surface area contributed by atoms with Crippen LogP contribution in [0, 0.1) is 11.3 Å². The van der Waals surface area contributed by atoms with Crippen LogP contribution in [-0.4, -0.2) is 209 Å². The molecule has 3 aliphatic heterocycles. The number of piperidine rings is 1. The zero-order valence-corrected chi connectivity index (χ0v) is 81.9. The first-order valence-electron chi connectivity index (χ1n) is 41.9. The Morgan fingerprint density at radius 3 is 1.43 bits per heavy atom. The smallest absolute Gasteiger partial charge is 0.850 e. The molecule has 5 aromatic carbocycles. The fourth-order valence-electron chi connectivity index (χ4n) is 11.9. The number of aldehydes is 2. The zero-order chi connectivity index (χ0) is 94.7. The van der Waals surface area contributed by atoms with Crippen molar-refractivity contribution in [2.75, 3.05) is 67.3 Å². The topological polar surface area (TPSA) is 451 Å². The minimum absolute atomic E-state index is 0. The number of likely N-dealkylation sites (tertiary alicyclic amines) is 1. The summed E-state index contributed by atoms with van der Waals surface area (Å²) in [4.78, 5) is 156. The normalized spacial score (nSPS) is 15.1. The average Bonchev–Trinajstić information content (AvgIpc) is 0.792. The van der Waals surface area contributed by atoms with Crippen molar-refractivity contribution in [1.29, 1.82) is 5.41 Å². The first kappa shape index (κ1) is 120. The van der Waals surface area contributed by atoms with E-state index in [1.165, 1.54) is 45.1 Å². The number of Topliss-reactive ketones (excluding diaryl/α,β-unsaturated/α-hetero) is 1. The molecule has 7 unspecified atom stereocenters. The van der Waals surface area contributed by atoms with E-state index in [2.05, 4.69) is 90.9 Å². The van der Waals surface area contributed by atoms with Crippen LogP contribution in [0.5, 0.6) is 0 Å². The number of carbonyl (C=O) groups excluding carboxylic acids is 10. The van der Waals surface area contributed by atoms with E-state index in [1.807, 2.05) is 169 Å². The molecule has 0 spiro atoms. The number of fused-ring (bicyclic) bond motifs is 2. The van der Waals surface area contributed by atoms with Gasteiger partial charge in [-0.3, -0.25) is 73.0 Å². The van der Waals surface area contributed by atoms with Crippen LogP contribution in [0.25, 0.3) is 0 Å². The Balaban J connectivity index is 0. The SMILES string of the molecule is CC(C)(C)[O-].CC1c2nc[nH]c(=O)c2CCN1C(=O)OC(C)(C)C.CC1c2nc[nH]c(=O)c2CCN1Cc1ccccc1.CCOC(=O)C(C)N.CCOC(=O)C(C)N(CCCC(=O)OC)Cc1ccccc1.CCOC(=O)C(C)NCc1ccccc1.COC(=O)C1CCN(Cc2ccccc2)C(C)C1=O.COC(=O)CCC=O.Cl.N=CN.O=Cc1ccccc1.[K+]. The molecule has 0 bridgehead atoms. The standard InChI is InChI=1S/C17H25NO4.C15H17N3O.C15H19NO3.C13H19N3O3.C12H17NO2.C7H6O.C5H11NO2.C5H8O3.C4H9O.CH4N2.ClH.K/c1-4-22-17(20)14(2)18(12-8-11-16(19)21-3)13-15-9-6-5-7-10-15;1-11-14-13(15(19)17-10-16-14)7-8-18(11)9-12-5-3-2-4-6-12;1-11-14(17)13(15(18)19-2)8-9-16(11)10-12-6-4-3-5-7-12;1-8-10-9(11(17)15-7-14-10)5-6-16(8)12(18)19-13(2,3)4;1-3-15-12(14)10(2)13-9-11-7-5-4-6-8-11;8-6-7-4-2-1-3-5-7;1-3-8-5(7)4(2)6;1-8-5(7)3-2-4-6;1-4(2,3)5;2-1-3;;/h5-7,9-10,14H,4,8,11-13H2,1-3H3;2-6,10-11H,7-9H2,1H3,(H,16,17,19);3-7,11,13H,8-10H2,1-2H3;7-8H,5-6H2,1-4H3,(H,14,15,17);4-8,10,13H,3,9H2,1-2H3;1-6H;4H,3,6H2,1-2H3;4H,2-3H2,1H3;1-3H3;1H,(H3,2,3);1H;/q;;;;;;;;-1;;;+1. The molecular formula is C94H136ClKN12O20. The molecule has 8 N–H and O–H groups in total. The number of benzene rings is 5. The van der Waals surface area contributed by atoms with Gasteiger partial charge in [0, 0.05) is 75.3 Å². The second-order valence-electron chi connectivity index (χ2n) is 30.6. The van der Waals surface area contributed by atoms with Crippen LogP contribution in [0.3, 0.4) is 0 Å². The summed E-state index contributed by atoms with van der Waals surface area (Å²) in [5.41, 5.74) is 16.7. The van der Waals surface area contributed by atoms with Gasteiger partial charge >= 0.3 is 93.3 Å². The quantitative estimate of drug-likeness (QED) is 0.00601. The number of aromatic nitrogens is 4. The molecule has 0 aliphatic carbocycles. The van der Waals surface area contributed by atoms with Crippen LogP contribution < -0.4 is 84.4 Å². The molecule has 32 nitrogen and oxygen atoms in total. The molecule has 34 heteroatoms. The van der Waals surface area contributed by atoms with Gasteiger partial charge in [0.25, 0.3) is 11.1 Å². The molecule has 1 fully saturated rings. The van der Waals surface area contributed by atoms with Gasteiger partial charge in [-0.15, -0.1) is 18.0 Å². The minimum Gasteiger partial charge on any atom is -0.850 e. The predicted molar refractivity (Wildman–Crippen MR) is 488 cm³/mol. The summed E-state index contributed by atoms with van der Waals surface area (Å²) < 4.78 is 33.5. The van der Waals surface area contributed by atoms with E-state index in [0.29, 0.717) is 89.2 Å². The molecule has 1 saturated heterocycles. The average molecular weight is 1830 g/mol. The van der Waals surface area contributed by atoms with E-state index < -0.39 is 29.1 Å². The summed E-state index contributed by atoms with van der Waals surface area (Å²) >= 11 is 0. The number of H-pyrrole nitrogens is 2. The number of amides is 1. The Morgan fingerprint density at radius 2 is 1.02 bits per heavy atom. The fourth-order valence-corrected chi connectivity index (χ4v) is 11.9. The van der Waals surface area contributed by atoms with Crippen molar-refractivity contribution in [1.82, 2.24) is 44.9 Å². The molecule has 7 aromatic rings. The number of ketones is 1. The number of nitrogens with zero attached hydrogens (tertiary/aromatic N) is 6. The van der Waals surface area contributed by atoms with Gasteiger partial charge in [0.1, 0.15) is 42.2 Å². The molecule has 700 valence electrons. The van der Waals surface area contributed by atoms with E-state index in [4.69, 9.17) is 25.4 Å². The van der Waals surface area contributed by atoms with Gasteiger partial charge in [-0.05, 0) is 138 Å². The summed E-state index contributed by atoms with van der Waals surface area (Å²) in [6.45, 7) is 33.7. The Kier molecular flexibility index (Phi) is 64.1. The van der Waals surface area contributed by atoms with E-state index in [1.54, 1.807) is 65.5 Å². The second-order valence-corrected chi connectivity index (χ2v) is 30.6. The molecule has 2 aromatic heterocycles. The van der Waals surface area contributed by atoms with Crippen molar-refractivity contribution in [3.05, 3.63) is 235 Å². The maximum Gasteiger partial charge on any atom is 1.00 e. The van der Waals surface area contributed by atoms with Crippen LogP contribution in [0.15, 0.2) is 174 Å². The van der Waals surface area contributed by atoms with Gasteiger partial charge in [0.2, 0.25) is 0 Å². The summed E-state index contributed by atoms with van der Waals surface area (Å²) in [5.74, 6) is -2.38. The molecule has 0 saturated carbocycles. The monoisotopic (exact) mass is 1830 g/mol. The van der Waals surface area contributed by atoms with Gasteiger partial charge in [-0.25, -0.2) is 14.8 Å². The molecule has 10 rings (SSSR count). The van der Waals surface area contributed by atoms with Crippen molar-refractivity contribution < 1.29 is 138 Å². The number of hydrogen-bond donors (Lipinski definition) is 6. The number of methoxy groups -OCH3 is 3. The van der Waals surface area contributed by atoms with Crippen LogP contribution in [0.1, 0.15) is 203 Å². The first-order chi connectivity index (χ1) is 59.8. The van der Waals surface area contributed by atoms with E-state index in [0.717, 1.165) is 73.2 Å². The Labute approximate surface area is 803 Å². The van der Waals surface area contributed by atoms with Gasteiger partial charge in [0.05, 0.1) is 96.1 Å². The predicted octanol–water partition coefficient (Wildman–Crippen LogP) is 7.93. The van der Waals surface area contributed by atoms with Crippen molar-refractivity contribution >= 4 is 79.0 Å². The van der Waals surface area contributed by atoms with Crippen LogP contribution in [0.4, 0.5) is 4.79 Å². The third-order valence-electron chi connectivity index (χ3n) is 18.4. The summed E-state index contributed by atoms with van der Waals surface area (Å²) in [6.07, 6.45) is 8.04. The van der Waals surface area contributed by atoms with Gasteiger partial charge < -0.3 is 69.8 Å². The number of rotatable bonds is 25. The maximum absolute atomic E-state index is 12.2. The van der Waals surface area contributed by atoms with Crippen molar-refractivity contribution in [3.63, 3.8) is 0 Å². The van der Waals surface area contributed by atoms with Gasteiger partial charge in [-0.1, -0.05) is 172 Å². The number of carbonyl (C=O) groups is 10. The number of nitrogens with one attached hydrogen (secondary N) is 4. The van der Waals surface area contributed by atoms with E-state index in [-0.39, 0.29) is 160 Å². The Bertz CT molecular complexity index is 4430. The van der Waals surface area contributed by atoms with Gasteiger partial charge in [-0.2, -0.15) is 0 Å². The number of halogens is 1. The molecular weight excluding hydrogens is 1690 g/mol. The second kappa shape index (κ2) is 68.2. The van der Waals surface area contributed by atoms with Crippen molar-refractivity contribution in [2.24, 2.45) is 17.4 Å². The maximum atomic E-state index is 12.2. The van der Waals surface area contributed by atoms with Crippen molar-refractivity contribution in [2.45, 2.75) is 222 Å². The van der Waals surface area contributed by atoms with Crippen molar-refractivity contribution in [3.8, 4) is 0 Å². The molecule has 1 amide bonds. The molecule has 3 aliphatic rings. The van der Waals surface area contributed by atoms with Gasteiger partial charge in [0.15, 0.2) is 5.78 Å². The molecule has 5 heterocycles.